The summed E-state index contributed by atoms with van der Waals surface area (Å²) in [5, 5.41) is 3.58. The lowest BCUT2D eigenvalue weighted by atomic mass is 10.0. The molecule has 1 N–H and O–H groups in total. The third-order valence-corrected chi connectivity index (χ3v) is 5.03. The number of aryl methyl sites for hydroxylation is 1. The van der Waals surface area contributed by atoms with E-state index in [4.69, 9.17) is 14.2 Å². The standard InChI is InChI=1S/C19H24N4O4/c1-22-7-5-20-18(19(22)24)23-6-3-4-14(11-23)21-10-13-8-15(25-2)17-16(9-13)26-12-27-17/h5,7-9,14,21H,3-4,6,10-12H2,1-2H3/t14-/m1/s1. The van der Waals surface area contributed by atoms with E-state index in [2.05, 4.69) is 15.2 Å². The third kappa shape index (κ3) is 3.57. The summed E-state index contributed by atoms with van der Waals surface area (Å²) in [5.41, 5.74) is 1.01. The maximum absolute atomic E-state index is 12.3. The molecule has 1 atom stereocenters. The van der Waals surface area contributed by atoms with Gasteiger partial charge in [-0.25, -0.2) is 4.98 Å². The highest BCUT2D eigenvalue weighted by Gasteiger charge is 2.24. The van der Waals surface area contributed by atoms with Crippen LogP contribution in [-0.2, 0) is 13.6 Å². The number of ether oxygens (including phenoxy) is 3. The number of fused-ring (bicyclic) bond motifs is 1. The highest BCUT2D eigenvalue weighted by Crippen LogP contribution is 2.41. The van der Waals surface area contributed by atoms with Crippen LogP contribution in [0.4, 0.5) is 5.82 Å². The second-order valence-electron chi connectivity index (χ2n) is 6.86. The number of piperidine rings is 1. The van der Waals surface area contributed by atoms with Crippen LogP contribution in [0.1, 0.15) is 18.4 Å². The van der Waals surface area contributed by atoms with E-state index < -0.39 is 0 Å². The smallest absolute Gasteiger partial charge is 0.293 e. The molecule has 2 aliphatic rings. The predicted molar refractivity (Wildman–Crippen MR) is 101 cm³/mol. The van der Waals surface area contributed by atoms with Crippen molar-refractivity contribution in [3.8, 4) is 17.2 Å². The Bertz CT molecular complexity index is 882. The van der Waals surface area contributed by atoms with E-state index in [1.807, 2.05) is 12.1 Å². The van der Waals surface area contributed by atoms with Crippen LogP contribution in [-0.4, -0.2) is 42.6 Å². The zero-order valence-electron chi connectivity index (χ0n) is 15.6. The highest BCUT2D eigenvalue weighted by molar-refractivity contribution is 5.55. The molecule has 0 unspecified atom stereocenters. The number of benzene rings is 1. The molecule has 2 aromatic rings. The summed E-state index contributed by atoms with van der Waals surface area (Å²) in [6, 6.07) is 4.23. The minimum Gasteiger partial charge on any atom is -0.493 e. The first-order valence-corrected chi connectivity index (χ1v) is 9.12. The molecule has 0 amide bonds. The molecule has 3 heterocycles. The molecular formula is C19H24N4O4. The molecule has 2 aliphatic heterocycles. The summed E-state index contributed by atoms with van der Waals surface area (Å²) in [6.07, 6.45) is 5.43. The fourth-order valence-electron chi connectivity index (χ4n) is 3.59. The highest BCUT2D eigenvalue weighted by atomic mass is 16.7. The quantitative estimate of drug-likeness (QED) is 0.847. The molecule has 1 aromatic heterocycles. The van der Waals surface area contributed by atoms with E-state index in [-0.39, 0.29) is 18.4 Å². The Balaban J connectivity index is 1.43. The van der Waals surface area contributed by atoms with E-state index in [1.54, 1.807) is 31.1 Å². The summed E-state index contributed by atoms with van der Waals surface area (Å²) in [6.45, 7) is 2.52. The van der Waals surface area contributed by atoms with E-state index >= 15 is 0 Å². The first-order chi connectivity index (χ1) is 13.2. The number of anilines is 1. The van der Waals surface area contributed by atoms with Gasteiger partial charge in [-0.3, -0.25) is 4.79 Å². The molecule has 0 bridgehead atoms. The summed E-state index contributed by atoms with van der Waals surface area (Å²) >= 11 is 0. The van der Waals surface area contributed by atoms with E-state index in [0.717, 1.165) is 31.5 Å². The van der Waals surface area contributed by atoms with Gasteiger partial charge in [-0.05, 0) is 30.5 Å². The lowest BCUT2D eigenvalue weighted by molar-refractivity contribution is 0.171. The van der Waals surface area contributed by atoms with E-state index in [0.29, 0.717) is 29.6 Å². The number of nitrogens with zero attached hydrogens (tertiary/aromatic N) is 3. The maximum atomic E-state index is 12.3. The van der Waals surface area contributed by atoms with Gasteiger partial charge in [-0.15, -0.1) is 0 Å². The lowest BCUT2D eigenvalue weighted by Crippen LogP contribution is -2.47. The van der Waals surface area contributed by atoms with Gasteiger partial charge in [0.25, 0.3) is 5.56 Å². The Labute approximate surface area is 157 Å². The van der Waals surface area contributed by atoms with Gasteiger partial charge in [0.05, 0.1) is 7.11 Å². The van der Waals surface area contributed by atoms with Gasteiger partial charge in [0.2, 0.25) is 12.5 Å². The SMILES string of the molecule is COc1cc(CN[C@@H]2CCCN(c3nccn(C)c3=O)C2)cc2c1OCO2. The zero-order chi connectivity index (χ0) is 18.8. The molecule has 0 aliphatic carbocycles. The Morgan fingerprint density at radius 1 is 1.37 bits per heavy atom. The third-order valence-electron chi connectivity index (χ3n) is 5.03. The molecule has 0 saturated carbocycles. The second kappa shape index (κ2) is 7.48. The molecule has 1 fully saturated rings. The molecule has 27 heavy (non-hydrogen) atoms. The van der Waals surface area contributed by atoms with Gasteiger partial charge in [-0.1, -0.05) is 0 Å². The van der Waals surface area contributed by atoms with Gasteiger partial charge >= 0.3 is 0 Å². The van der Waals surface area contributed by atoms with Crippen molar-refractivity contribution in [2.75, 3.05) is 31.9 Å². The summed E-state index contributed by atoms with van der Waals surface area (Å²) in [7, 11) is 3.38. The number of nitrogens with one attached hydrogen (secondary N) is 1. The van der Waals surface area contributed by atoms with Gasteiger partial charge in [-0.2, -0.15) is 0 Å². The van der Waals surface area contributed by atoms with Crippen molar-refractivity contribution >= 4 is 5.82 Å². The largest absolute Gasteiger partial charge is 0.493 e. The molecular weight excluding hydrogens is 348 g/mol. The van der Waals surface area contributed by atoms with Gasteiger partial charge in [0.15, 0.2) is 17.3 Å². The van der Waals surface area contributed by atoms with Gasteiger partial charge < -0.3 is 29.0 Å². The van der Waals surface area contributed by atoms with Gasteiger partial charge in [0, 0.05) is 45.1 Å². The number of methoxy groups -OCH3 is 1. The molecule has 8 nitrogen and oxygen atoms in total. The van der Waals surface area contributed by atoms with E-state index in [9.17, 15) is 4.79 Å². The summed E-state index contributed by atoms with van der Waals surface area (Å²) in [4.78, 5) is 18.7. The Hall–Kier alpha value is -2.74. The maximum Gasteiger partial charge on any atom is 0.293 e. The number of rotatable bonds is 5. The average molecular weight is 372 g/mol. The van der Waals surface area contributed by atoms with Gasteiger partial charge in [0.1, 0.15) is 0 Å². The minimum absolute atomic E-state index is 0.0568. The molecule has 1 aromatic carbocycles. The summed E-state index contributed by atoms with van der Waals surface area (Å²) in [5.74, 6) is 2.59. The Morgan fingerprint density at radius 3 is 3.11 bits per heavy atom. The first-order valence-electron chi connectivity index (χ1n) is 9.12. The fourth-order valence-corrected chi connectivity index (χ4v) is 3.59. The Morgan fingerprint density at radius 2 is 2.26 bits per heavy atom. The van der Waals surface area contributed by atoms with Crippen molar-refractivity contribution in [3.63, 3.8) is 0 Å². The van der Waals surface area contributed by atoms with Crippen LogP contribution < -0.4 is 30.0 Å². The topological polar surface area (TPSA) is 77.9 Å². The number of hydrogen-bond acceptors (Lipinski definition) is 7. The van der Waals surface area contributed by atoms with Crippen molar-refractivity contribution in [2.24, 2.45) is 7.05 Å². The first kappa shape index (κ1) is 17.7. The number of aromatic nitrogens is 2. The molecule has 1 saturated heterocycles. The van der Waals surface area contributed by atoms with Crippen LogP contribution >= 0.6 is 0 Å². The Kier molecular flexibility index (Phi) is 4.89. The van der Waals surface area contributed by atoms with Crippen molar-refractivity contribution in [1.29, 1.82) is 0 Å². The van der Waals surface area contributed by atoms with Crippen molar-refractivity contribution in [1.82, 2.24) is 14.9 Å². The summed E-state index contributed by atoms with van der Waals surface area (Å²) < 4.78 is 17.9. The minimum atomic E-state index is -0.0568. The zero-order valence-corrected chi connectivity index (χ0v) is 15.6. The van der Waals surface area contributed by atoms with Crippen molar-refractivity contribution in [3.05, 3.63) is 40.4 Å². The van der Waals surface area contributed by atoms with E-state index in [1.165, 1.54) is 0 Å². The van der Waals surface area contributed by atoms with Crippen LogP contribution in [0, 0.1) is 0 Å². The molecule has 0 spiro atoms. The molecule has 4 rings (SSSR count). The van der Waals surface area contributed by atoms with Crippen LogP contribution in [0.5, 0.6) is 17.2 Å². The lowest BCUT2D eigenvalue weighted by Gasteiger charge is -2.33. The van der Waals surface area contributed by atoms with Crippen LogP contribution in [0.2, 0.25) is 0 Å². The van der Waals surface area contributed by atoms with Crippen molar-refractivity contribution < 1.29 is 14.2 Å². The average Bonchev–Trinajstić information content (AvgIpc) is 3.17. The monoisotopic (exact) mass is 372 g/mol. The van der Waals surface area contributed by atoms with Crippen LogP contribution in [0.3, 0.4) is 0 Å². The van der Waals surface area contributed by atoms with Crippen molar-refractivity contribution in [2.45, 2.75) is 25.4 Å². The number of hydrogen-bond donors (Lipinski definition) is 1. The van der Waals surface area contributed by atoms with Crippen LogP contribution in [0.15, 0.2) is 29.3 Å². The van der Waals surface area contributed by atoms with Crippen LogP contribution in [0.25, 0.3) is 0 Å². The normalized spacial score (nSPS) is 18.6. The second-order valence-corrected chi connectivity index (χ2v) is 6.86. The predicted octanol–water partition coefficient (Wildman–Crippen LogP) is 1.28. The molecule has 144 valence electrons. The molecule has 8 heteroatoms. The fraction of sp³-hybridized carbons (Fsp3) is 0.474. The molecule has 0 radical (unpaired) electrons.